The highest BCUT2D eigenvalue weighted by Gasteiger charge is 2.34. The molecule has 1 aliphatic carbocycles. The van der Waals surface area contributed by atoms with Crippen LogP contribution in [0.2, 0.25) is 0 Å². The molecule has 4 heteroatoms. The van der Waals surface area contributed by atoms with E-state index in [4.69, 9.17) is 0 Å². The molecule has 0 spiro atoms. The van der Waals surface area contributed by atoms with Gasteiger partial charge in [-0.05, 0) is 50.6 Å². The van der Waals surface area contributed by atoms with Gasteiger partial charge in [-0.2, -0.15) is 0 Å². The molecule has 1 heterocycles. The van der Waals surface area contributed by atoms with E-state index in [9.17, 15) is 9.90 Å². The Morgan fingerprint density at radius 1 is 1.32 bits per heavy atom. The summed E-state index contributed by atoms with van der Waals surface area (Å²) in [5.41, 5.74) is 2.45. The average molecular weight is 302 g/mol. The number of carbonyl (C=O) groups excluding carboxylic acids is 1. The predicted molar refractivity (Wildman–Crippen MR) is 86.5 cm³/mol. The lowest BCUT2D eigenvalue weighted by Gasteiger charge is -2.24. The number of rotatable bonds is 6. The Morgan fingerprint density at radius 2 is 2.05 bits per heavy atom. The molecular weight excluding hydrogens is 276 g/mol. The Bertz CT molecular complexity index is 510. The van der Waals surface area contributed by atoms with Crippen LogP contribution in [0.4, 0.5) is 0 Å². The highest BCUT2D eigenvalue weighted by Crippen LogP contribution is 2.41. The summed E-state index contributed by atoms with van der Waals surface area (Å²) >= 11 is 0. The lowest BCUT2D eigenvalue weighted by molar-refractivity contribution is -0.123. The van der Waals surface area contributed by atoms with Crippen LogP contribution in [-0.4, -0.2) is 41.7 Å². The van der Waals surface area contributed by atoms with Crippen molar-refractivity contribution in [3.8, 4) is 0 Å². The Hall–Kier alpha value is -1.39. The van der Waals surface area contributed by atoms with E-state index in [1.165, 1.54) is 24.0 Å². The van der Waals surface area contributed by atoms with Crippen molar-refractivity contribution in [1.29, 1.82) is 0 Å². The summed E-state index contributed by atoms with van der Waals surface area (Å²) in [5, 5.41) is 12.6. The molecule has 0 radical (unpaired) electrons. The molecule has 2 atom stereocenters. The molecule has 3 rings (SSSR count). The second-order valence-corrected chi connectivity index (χ2v) is 6.74. The van der Waals surface area contributed by atoms with Gasteiger partial charge in [-0.25, -0.2) is 0 Å². The van der Waals surface area contributed by atoms with Gasteiger partial charge in [-0.15, -0.1) is 0 Å². The highest BCUT2D eigenvalue weighted by atomic mass is 16.3. The van der Waals surface area contributed by atoms with Gasteiger partial charge in [-0.3, -0.25) is 9.69 Å². The first-order chi connectivity index (χ1) is 10.7. The summed E-state index contributed by atoms with van der Waals surface area (Å²) in [6.45, 7) is 3.55. The van der Waals surface area contributed by atoms with Gasteiger partial charge in [0.05, 0.1) is 19.2 Å². The molecule has 2 fully saturated rings. The number of hydrogen-bond acceptors (Lipinski definition) is 3. The third-order valence-corrected chi connectivity index (χ3v) is 4.90. The normalized spacial score (nSPS) is 23.5. The lowest BCUT2D eigenvalue weighted by atomic mass is 10.0. The third kappa shape index (κ3) is 3.68. The van der Waals surface area contributed by atoms with Crippen molar-refractivity contribution in [3.05, 3.63) is 35.4 Å². The van der Waals surface area contributed by atoms with Gasteiger partial charge in [0.25, 0.3) is 0 Å². The van der Waals surface area contributed by atoms with Crippen molar-refractivity contribution in [2.45, 2.75) is 44.7 Å². The van der Waals surface area contributed by atoms with Gasteiger partial charge >= 0.3 is 0 Å². The molecule has 120 valence electrons. The lowest BCUT2D eigenvalue weighted by Crippen LogP contribution is -2.42. The predicted octanol–water partition coefficient (Wildman–Crippen LogP) is 2.02. The van der Waals surface area contributed by atoms with Crippen molar-refractivity contribution in [3.63, 3.8) is 0 Å². The third-order valence-electron chi connectivity index (χ3n) is 4.90. The van der Waals surface area contributed by atoms with E-state index in [0.717, 1.165) is 19.4 Å². The fourth-order valence-corrected chi connectivity index (χ4v) is 3.39. The van der Waals surface area contributed by atoms with Gasteiger partial charge in [0.1, 0.15) is 0 Å². The van der Waals surface area contributed by atoms with Crippen LogP contribution in [0.25, 0.3) is 0 Å². The number of benzene rings is 1. The zero-order valence-electron chi connectivity index (χ0n) is 13.3. The maximum Gasteiger partial charge on any atom is 0.234 e. The molecule has 0 aromatic heterocycles. The van der Waals surface area contributed by atoms with Gasteiger partial charge in [0, 0.05) is 6.04 Å². The van der Waals surface area contributed by atoms with Crippen LogP contribution in [0, 0.1) is 12.8 Å². The van der Waals surface area contributed by atoms with Crippen molar-refractivity contribution in [1.82, 2.24) is 10.2 Å². The number of aliphatic hydroxyl groups is 1. The van der Waals surface area contributed by atoms with Gasteiger partial charge in [0.15, 0.2) is 0 Å². The number of hydrogen-bond donors (Lipinski definition) is 2. The first kappa shape index (κ1) is 15.5. The van der Waals surface area contributed by atoms with Crippen LogP contribution in [0.5, 0.6) is 0 Å². The summed E-state index contributed by atoms with van der Waals surface area (Å²) in [7, 11) is 0. The van der Waals surface area contributed by atoms with Gasteiger partial charge in [-0.1, -0.05) is 29.8 Å². The molecule has 22 heavy (non-hydrogen) atoms. The van der Waals surface area contributed by atoms with E-state index < -0.39 is 0 Å². The van der Waals surface area contributed by atoms with Crippen LogP contribution in [0.3, 0.4) is 0 Å². The Kier molecular flexibility index (Phi) is 4.79. The quantitative estimate of drug-likeness (QED) is 0.845. The van der Waals surface area contributed by atoms with Gasteiger partial charge < -0.3 is 10.4 Å². The number of aliphatic hydroxyl groups excluding tert-OH is 1. The van der Waals surface area contributed by atoms with Crippen LogP contribution < -0.4 is 5.32 Å². The van der Waals surface area contributed by atoms with E-state index in [0.29, 0.717) is 12.5 Å². The molecule has 1 amide bonds. The van der Waals surface area contributed by atoms with E-state index in [-0.39, 0.29) is 24.6 Å². The minimum absolute atomic E-state index is 0.0813. The number of nitrogens with zero attached hydrogens (tertiary/aromatic N) is 1. The first-order valence-corrected chi connectivity index (χ1v) is 8.38. The molecule has 1 saturated heterocycles. The number of nitrogens with one attached hydrogen (secondary N) is 1. The smallest absolute Gasteiger partial charge is 0.234 e. The van der Waals surface area contributed by atoms with Crippen LogP contribution in [-0.2, 0) is 4.79 Å². The number of likely N-dealkylation sites (tertiary alicyclic amines) is 1. The van der Waals surface area contributed by atoms with Crippen molar-refractivity contribution >= 4 is 5.91 Å². The topological polar surface area (TPSA) is 52.6 Å². The molecule has 2 N–H and O–H groups in total. The van der Waals surface area contributed by atoms with Gasteiger partial charge in [0.2, 0.25) is 5.91 Å². The molecule has 1 saturated carbocycles. The second-order valence-electron chi connectivity index (χ2n) is 6.74. The summed E-state index contributed by atoms with van der Waals surface area (Å²) in [4.78, 5) is 14.5. The number of amides is 1. The van der Waals surface area contributed by atoms with Crippen molar-refractivity contribution < 1.29 is 9.90 Å². The van der Waals surface area contributed by atoms with E-state index in [1.54, 1.807) is 0 Å². The molecular formula is C18H26N2O2. The molecule has 0 bridgehead atoms. The summed E-state index contributed by atoms with van der Waals surface area (Å²) in [6.07, 6.45) is 4.46. The van der Waals surface area contributed by atoms with E-state index >= 15 is 0 Å². The zero-order chi connectivity index (χ0) is 15.5. The Labute approximate surface area is 132 Å². The monoisotopic (exact) mass is 302 g/mol. The summed E-state index contributed by atoms with van der Waals surface area (Å²) < 4.78 is 0. The Morgan fingerprint density at radius 3 is 2.68 bits per heavy atom. The van der Waals surface area contributed by atoms with E-state index in [2.05, 4.69) is 41.4 Å². The maximum atomic E-state index is 12.4. The molecule has 2 aliphatic rings. The van der Waals surface area contributed by atoms with Crippen LogP contribution in [0.1, 0.15) is 42.9 Å². The summed E-state index contributed by atoms with van der Waals surface area (Å²) in [5.74, 6) is 0.664. The number of carbonyl (C=O) groups is 1. The fraction of sp³-hybridized carbons (Fsp3) is 0.611. The highest BCUT2D eigenvalue weighted by molar-refractivity contribution is 5.78. The molecule has 1 aliphatic heterocycles. The Balaban J connectivity index is 1.61. The molecule has 1 aromatic rings. The molecule has 1 aromatic carbocycles. The van der Waals surface area contributed by atoms with Crippen molar-refractivity contribution in [2.24, 2.45) is 5.92 Å². The SMILES string of the molecule is Cc1ccc([C@H](NC(=O)CN2CCC[C@@H]2CO)C2CC2)cc1. The minimum atomic E-state index is 0.0813. The number of aryl methyl sites for hydroxylation is 1. The zero-order valence-corrected chi connectivity index (χ0v) is 13.3. The van der Waals surface area contributed by atoms with Crippen LogP contribution >= 0.6 is 0 Å². The first-order valence-electron chi connectivity index (χ1n) is 8.38. The minimum Gasteiger partial charge on any atom is -0.395 e. The second kappa shape index (κ2) is 6.80. The van der Waals surface area contributed by atoms with E-state index in [1.807, 2.05) is 0 Å². The van der Waals surface area contributed by atoms with Crippen LogP contribution in [0.15, 0.2) is 24.3 Å². The molecule has 0 unspecified atom stereocenters. The average Bonchev–Trinajstić information content (AvgIpc) is 3.26. The largest absolute Gasteiger partial charge is 0.395 e. The molecule has 4 nitrogen and oxygen atoms in total. The van der Waals surface area contributed by atoms with Crippen molar-refractivity contribution in [2.75, 3.05) is 19.7 Å². The standard InChI is InChI=1S/C18H26N2O2/c1-13-4-6-14(7-5-13)18(15-8-9-15)19-17(22)11-20-10-2-3-16(20)12-21/h4-7,15-16,18,21H,2-3,8-12H2,1H3,(H,19,22)/t16-,18+/m1/s1. The summed E-state index contributed by atoms with van der Waals surface area (Å²) in [6, 6.07) is 8.78. The fourth-order valence-electron chi connectivity index (χ4n) is 3.39. The maximum absolute atomic E-state index is 12.4.